The number of hydrogen-bond donors (Lipinski definition) is 0. The van der Waals surface area contributed by atoms with Gasteiger partial charge >= 0.3 is 0 Å². The van der Waals surface area contributed by atoms with Crippen molar-refractivity contribution in [2.45, 2.75) is 0 Å². The molecule has 1 atom stereocenters. The highest BCUT2D eigenvalue weighted by atomic mass is 31.1. The molecular weight excluding hydrogens is 199 g/mol. The predicted molar refractivity (Wildman–Crippen MR) is 70.6 cm³/mol. The van der Waals surface area contributed by atoms with Gasteiger partial charge in [-0.3, -0.25) is 0 Å². The van der Waals surface area contributed by atoms with E-state index in [2.05, 4.69) is 61.2 Å². The van der Waals surface area contributed by atoms with E-state index < -0.39 is 0 Å². The minimum Gasteiger partial charge on any atom is -0.0985 e. The zero-order valence-corrected chi connectivity index (χ0v) is 9.48. The van der Waals surface area contributed by atoms with Crippen molar-refractivity contribution in [1.82, 2.24) is 0 Å². The van der Waals surface area contributed by atoms with Crippen molar-refractivity contribution in [3.63, 3.8) is 0 Å². The Balaban J connectivity index is 2.15. The summed E-state index contributed by atoms with van der Waals surface area (Å²) in [5, 5.41) is 2.75. The van der Waals surface area contributed by atoms with Crippen LogP contribution < -0.4 is 10.6 Å². The first-order valence-electron chi connectivity index (χ1n) is 4.93. The molecule has 0 saturated carbocycles. The molecule has 2 aromatic rings. The average molecular weight is 212 g/mol. The standard InChI is InChI=1S/C14H13P/c1-2-12-8-10-14(11-9-12)15-13-6-4-3-5-7-13/h2-11,15H,1H2. The van der Waals surface area contributed by atoms with Gasteiger partial charge < -0.3 is 0 Å². The van der Waals surface area contributed by atoms with Crippen molar-refractivity contribution in [2.75, 3.05) is 0 Å². The van der Waals surface area contributed by atoms with Crippen LogP contribution in [0.2, 0.25) is 0 Å². The van der Waals surface area contributed by atoms with Gasteiger partial charge in [-0.1, -0.05) is 75.8 Å². The van der Waals surface area contributed by atoms with E-state index >= 15 is 0 Å². The van der Waals surface area contributed by atoms with Crippen molar-refractivity contribution < 1.29 is 0 Å². The maximum absolute atomic E-state index is 3.75. The summed E-state index contributed by atoms with van der Waals surface area (Å²) in [6.45, 7) is 3.75. The summed E-state index contributed by atoms with van der Waals surface area (Å²) in [6, 6.07) is 19.1. The summed E-state index contributed by atoms with van der Waals surface area (Å²) in [5.74, 6) is 0. The highest BCUT2D eigenvalue weighted by molar-refractivity contribution is 7.55. The maximum Gasteiger partial charge on any atom is -0.0226 e. The first kappa shape index (κ1) is 10.1. The molecule has 0 bridgehead atoms. The largest absolute Gasteiger partial charge is 0.0985 e. The van der Waals surface area contributed by atoms with Gasteiger partial charge in [-0.25, -0.2) is 0 Å². The molecule has 74 valence electrons. The fraction of sp³-hybridized carbons (Fsp3) is 0. The molecule has 0 aliphatic carbocycles. The molecule has 1 unspecified atom stereocenters. The minimum atomic E-state index is 0.740. The molecule has 2 rings (SSSR count). The third-order valence-corrected chi connectivity index (χ3v) is 3.45. The van der Waals surface area contributed by atoms with Crippen molar-refractivity contribution in [3.05, 3.63) is 66.7 Å². The number of hydrogen-bond acceptors (Lipinski definition) is 0. The highest BCUT2D eigenvalue weighted by Gasteiger charge is 1.94. The summed E-state index contributed by atoms with van der Waals surface area (Å²) in [4.78, 5) is 0. The lowest BCUT2D eigenvalue weighted by Gasteiger charge is -2.02. The number of rotatable bonds is 3. The van der Waals surface area contributed by atoms with Gasteiger partial charge in [0, 0.05) is 0 Å². The van der Waals surface area contributed by atoms with Crippen LogP contribution in [-0.2, 0) is 0 Å². The molecule has 0 aromatic heterocycles. The van der Waals surface area contributed by atoms with Crippen LogP contribution >= 0.6 is 8.58 Å². The van der Waals surface area contributed by atoms with E-state index in [1.165, 1.54) is 16.2 Å². The van der Waals surface area contributed by atoms with E-state index in [0.29, 0.717) is 0 Å². The Morgan fingerprint density at radius 3 is 2.00 bits per heavy atom. The Hall–Kier alpha value is -1.39. The van der Waals surface area contributed by atoms with Crippen LogP contribution in [0.1, 0.15) is 5.56 Å². The fourth-order valence-corrected chi connectivity index (χ4v) is 2.42. The molecule has 0 fully saturated rings. The van der Waals surface area contributed by atoms with E-state index in [4.69, 9.17) is 0 Å². The van der Waals surface area contributed by atoms with E-state index in [1.54, 1.807) is 0 Å². The van der Waals surface area contributed by atoms with Gasteiger partial charge in [0.1, 0.15) is 0 Å². The van der Waals surface area contributed by atoms with E-state index in [-0.39, 0.29) is 0 Å². The third kappa shape index (κ3) is 2.78. The van der Waals surface area contributed by atoms with E-state index in [0.717, 1.165) is 8.58 Å². The van der Waals surface area contributed by atoms with Crippen LogP contribution in [0.15, 0.2) is 61.2 Å². The van der Waals surface area contributed by atoms with Gasteiger partial charge in [-0.05, 0) is 16.2 Å². The number of benzene rings is 2. The Bertz CT molecular complexity index is 429. The molecule has 0 saturated heterocycles. The molecule has 15 heavy (non-hydrogen) atoms. The van der Waals surface area contributed by atoms with Gasteiger partial charge in [-0.15, -0.1) is 0 Å². The molecule has 0 aliphatic rings. The Labute approximate surface area is 92.4 Å². The lowest BCUT2D eigenvalue weighted by molar-refractivity contribution is 1.71. The monoisotopic (exact) mass is 212 g/mol. The second kappa shape index (κ2) is 4.91. The minimum absolute atomic E-state index is 0.740. The third-order valence-electron chi connectivity index (χ3n) is 2.21. The van der Waals surface area contributed by atoms with Crippen LogP contribution in [0.3, 0.4) is 0 Å². The second-order valence-electron chi connectivity index (χ2n) is 3.32. The first-order chi connectivity index (χ1) is 7.38. The normalized spacial score (nSPS) is 10.7. The van der Waals surface area contributed by atoms with E-state index in [9.17, 15) is 0 Å². The Morgan fingerprint density at radius 1 is 0.800 bits per heavy atom. The van der Waals surface area contributed by atoms with Crippen molar-refractivity contribution in [2.24, 2.45) is 0 Å². The summed E-state index contributed by atoms with van der Waals surface area (Å²) >= 11 is 0. The Morgan fingerprint density at radius 2 is 1.40 bits per heavy atom. The molecule has 0 N–H and O–H groups in total. The van der Waals surface area contributed by atoms with Crippen molar-refractivity contribution in [1.29, 1.82) is 0 Å². The molecule has 0 nitrogen and oxygen atoms in total. The van der Waals surface area contributed by atoms with Gasteiger partial charge in [0.2, 0.25) is 0 Å². The zero-order valence-electron chi connectivity index (χ0n) is 8.48. The van der Waals surface area contributed by atoms with Crippen molar-refractivity contribution in [3.8, 4) is 0 Å². The summed E-state index contributed by atoms with van der Waals surface area (Å²) < 4.78 is 0. The van der Waals surface area contributed by atoms with Gasteiger partial charge in [0.05, 0.1) is 0 Å². The van der Waals surface area contributed by atoms with Gasteiger partial charge in [0.25, 0.3) is 0 Å². The van der Waals surface area contributed by atoms with E-state index in [1.807, 2.05) is 6.08 Å². The van der Waals surface area contributed by atoms with Crippen LogP contribution in [0.25, 0.3) is 6.08 Å². The average Bonchev–Trinajstić information content (AvgIpc) is 2.31. The van der Waals surface area contributed by atoms with Crippen LogP contribution in [-0.4, -0.2) is 0 Å². The quantitative estimate of drug-likeness (QED) is 0.686. The molecule has 0 radical (unpaired) electrons. The van der Waals surface area contributed by atoms with Crippen LogP contribution in [0, 0.1) is 0 Å². The van der Waals surface area contributed by atoms with Crippen LogP contribution in [0.5, 0.6) is 0 Å². The summed E-state index contributed by atoms with van der Waals surface area (Å²) in [7, 11) is 0.740. The smallest absolute Gasteiger partial charge is 0.0226 e. The fourth-order valence-electron chi connectivity index (χ4n) is 1.39. The Kier molecular flexibility index (Phi) is 3.32. The molecule has 0 amide bonds. The summed E-state index contributed by atoms with van der Waals surface area (Å²) in [5.41, 5.74) is 1.18. The molecule has 1 heteroatoms. The van der Waals surface area contributed by atoms with Gasteiger partial charge in [0.15, 0.2) is 0 Å². The molecule has 2 aromatic carbocycles. The SMILES string of the molecule is C=Cc1ccc(Pc2ccccc2)cc1. The molecular formula is C14H13P. The van der Waals surface area contributed by atoms with Crippen molar-refractivity contribution >= 4 is 25.3 Å². The molecule has 0 aliphatic heterocycles. The lowest BCUT2D eigenvalue weighted by atomic mass is 10.2. The second-order valence-corrected chi connectivity index (χ2v) is 4.72. The highest BCUT2D eigenvalue weighted by Crippen LogP contribution is 2.11. The molecule has 0 heterocycles. The zero-order chi connectivity index (χ0) is 10.5. The molecule has 0 spiro atoms. The predicted octanol–water partition coefficient (Wildman–Crippen LogP) is 2.96. The van der Waals surface area contributed by atoms with Crippen LogP contribution in [0.4, 0.5) is 0 Å². The first-order valence-corrected chi connectivity index (χ1v) is 5.93. The maximum atomic E-state index is 3.75. The summed E-state index contributed by atoms with van der Waals surface area (Å²) in [6.07, 6.45) is 1.87. The topological polar surface area (TPSA) is 0 Å². The van der Waals surface area contributed by atoms with Gasteiger partial charge in [-0.2, -0.15) is 0 Å². The lowest BCUT2D eigenvalue weighted by Crippen LogP contribution is -2.01.